The maximum absolute atomic E-state index is 11.4. The van der Waals surface area contributed by atoms with Crippen LogP contribution < -0.4 is 10.6 Å². The zero-order chi connectivity index (χ0) is 25.0. The second kappa shape index (κ2) is 12.2. The molecular weight excluding hydrogens is 540 g/mol. The molecule has 2 atom stereocenters. The number of aromatic amines is 1. The van der Waals surface area contributed by atoms with Crippen molar-refractivity contribution < 1.29 is 4.79 Å². The fraction of sp³-hybridized carbons (Fsp3) is 0.367. The molecular formula is C30H35BrN6O. The van der Waals surface area contributed by atoms with Crippen molar-refractivity contribution in [3.8, 4) is 0 Å². The first-order valence-electron chi connectivity index (χ1n) is 13.4. The number of fused-ring (bicyclic) bond motifs is 2. The number of para-hydroxylation sites is 2. The van der Waals surface area contributed by atoms with E-state index in [2.05, 4.69) is 69.0 Å². The van der Waals surface area contributed by atoms with Crippen molar-refractivity contribution in [1.29, 1.82) is 0 Å². The maximum Gasteiger partial charge on any atom is 0.220 e. The molecule has 7 nitrogen and oxygen atoms in total. The number of imidazole rings is 1. The lowest BCUT2D eigenvalue weighted by atomic mass is 9.90. The van der Waals surface area contributed by atoms with Crippen LogP contribution in [0, 0.1) is 0 Å². The number of benzene rings is 2. The van der Waals surface area contributed by atoms with Crippen LogP contribution in [0.2, 0.25) is 0 Å². The van der Waals surface area contributed by atoms with E-state index in [9.17, 15) is 4.79 Å². The quantitative estimate of drug-likeness (QED) is 0.262. The number of nitrogens with one attached hydrogen (secondary N) is 3. The number of carbonyl (C=O) groups is 1. The van der Waals surface area contributed by atoms with Crippen LogP contribution in [0.25, 0.3) is 11.0 Å². The summed E-state index contributed by atoms with van der Waals surface area (Å²) in [5.74, 6) is 1.16. The fourth-order valence-corrected chi connectivity index (χ4v) is 5.71. The second-order valence-corrected chi connectivity index (χ2v) is 10.3. The summed E-state index contributed by atoms with van der Waals surface area (Å²) < 4.78 is 0. The Balaban J connectivity index is 0.00000294. The van der Waals surface area contributed by atoms with Crippen molar-refractivity contribution in [2.24, 2.45) is 0 Å². The minimum absolute atomic E-state index is 0. The smallest absolute Gasteiger partial charge is 0.220 e. The topological polar surface area (TPSA) is 85.9 Å². The summed E-state index contributed by atoms with van der Waals surface area (Å²) in [7, 11) is 0. The number of aromatic nitrogens is 3. The molecule has 1 aliphatic carbocycles. The fourth-order valence-electron chi connectivity index (χ4n) is 5.71. The van der Waals surface area contributed by atoms with Gasteiger partial charge in [-0.1, -0.05) is 42.5 Å². The third-order valence-electron chi connectivity index (χ3n) is 7.61. The Labute approximate surface area is 234 Å². The summed E-state index contributed by atoms with van der Waals surface area (Å²) in [6.07, 6.45) is 6.87. The molecule has 1 unspecified atom stereocenters. The van der Waals surface area contributed by atoms with Gasteiger partial charge in [0, 0.05) is 38.3 Å². The van der Waals surface area contributed by atoms with Gasteiger partial charge in [-0.2, -0.15) is 0 Å². The van der Waals surface area contributed by atoms with E-state index < -0.39 is 0 Å². The molecule has 0 spiro atoms. The van der Waals surface area contributed by atoms with Gasteiger partial charge in [-0.25, -0.2) is 4.98 Å². The minimum atomic E-state index is 0. The SMILES string of the molecule is Br.O=C1CCC(CNCc2ccc(CN(Cc3nc4ccccc4[nH]3)[C@H]3CCCc4cccnc43)cc2)N1. The highest BCUT2D eigenvalue weighted by Crippen LogP contribution is 2.34. The van der Waals surface area contributed by atoms with E-state index in [1.54, 1.807) is 0 Å². The Hall–Kier alpha value is -3.07. The van der Waals surface area contributed by atoms with E-state index in [1.807, 2.05) is 18.3 Å². The first-order chi connectivity index (χ1) is 18.2. The molecule has 1 aliphatic heterocycles. The van der Waals surface area contributed by atoms with Crippen LogP contribution in [0.15, 0.2) is 66.9 Å². The van der Waals surface area contributed by atoms with Crippen molar-refractivity contribution in [2.45, 2.75) is 63.8 Å². The van der Waals surface area contributed by atoms with E-state index in [-0.39, 0.29) is 35.0 Å². The highest BCUT2D eigenvalue weighted by atomic mass is 79.9. The highest BCUT2D eigenvalue weighted by molar-refractivity contribution is 8.93. The van der Waals surface area contributed by atoms with E-state index in [4.69, 9.17) is 9.97 Å². The zero-order valence-corrected chi connectivity index (χ0v) is 23.2. The van der Waals surface area contributed by atoms with Gasteiger partial charge in [-0.05, 0) is 60.6 Å². The molecule has 1 saturated heterocycles. The van der Waals surface area contributed by atoms with Crippen LogP contribution >= 0.6 is 17.0 Å². The number of hydrogen-bond acceptors (Lipinski definition) is 5. The predicted molar refractivity (Wildman–Crippen MR) is 155 cm³/mol. The number of nitrogens with zero attached hydrogens (tertiary/aromatic N) is 3. The molecule has 2 aromatic carbocycles. The van der Waals surface area contributed by atoms with Crippen LogP contribution in [0.3, 0.4) is 0 Å². The molecule has 3 N–H and O–H groups in total. The second-order valence-electron chi connectivity index (χ2n) is 10.3. The molecule has 3 heterocycles. The van der Waals surface area contributed by atoms with Crippen molar-refractivity contribution in [2.75, 3.05) is 6.54 Å². The summed E-state index contributed by atoms with van der Waals surface area (Å²) >= 11 is 0. The number of halogens is 1. The third kappa shape index (κ3) is 6.14. The Morgan fingerprint density at radius 3 is 2.61 bits per heavy atom. The van der Waals surface area contributed by atoms with Gasteiger partial charge in [-0.15, -0.1) is 17.0 Å². The van der Waals surface area contributed by atoms with Crippen LogP contribution in [-0.2, 0) is 30.8 Å². The van der Waals surface area contributed by atoms with Crippen LogP contribution in [-0.4, -0.2) is 38.3 Å². The van der Waals surface area contributed by atoms with Gasteiger partial charge in [-0.3, -0.25) is 14.7 Å². The number of rotatable bonds is 9. The molecule has 8 heteroatoms. The molecule has 38 heavy (non-hydrogen) atoms. The predicted octanol–water partition coefficient (Wildman–Crippen LogP) is 4.98. The van der Waals surface area contributed by atoms with Gasteiger partial charge >= 0.3 is 0 Å². The third-order valence-corrected chi connectivity index (χ3v) is 7.61. The molecule has 0 bridgehead atoms. The van der Waals surface area contributed by atoms with E-state index >= 15 is 0 Å². The molecule has 2 aliphatic rings. The van der Waals surface area contributed by atoms with Gasteiger partial charge in [0.05, 0.1) is 29.3 Å². The summed E-state index contributed by atoms with van der Waals surface area (Å²) in [4.78, 5) is 27.2. The van der Waals surface area contributed by atoms with Crippen molar-refractivity contribution in [1.82, 2.24) is 30.5 Å². The minimum Gasteiger partial charge on any atom is -0.352 e. The molecule has 1 amide bonds. The van der Waals surface area contributed by atoms with Gasteiger partial charge in [0.15, 0.2) is 0 Å². The van der Waals surface area contributed by atoms with E-state index in [0.29, 0.717) is 6.42 Å². The zero-order valence-electron chi connectivity index (χ0n) is 21.5. The maximum atomic E-state index is 11.4. The Morgan fingerprint density at radius 2 is 1.79 bits per heavy atom. The van der Waals surface area contributed by atoms with Crippen LogP contribution in [0.1, 0.15) is 59.9 Å². The van der Waals surface area contributed by atoms with Crippen molar-refractivity contribution in [3.05, 3.63) is 95.1 Å². The number of hydrogen-bond donors (Lipinski definition) is 3. The van der Waals surface area contributed by atoms with Gasteiger partial charge < -0.3 is 15.6 Å². The average Bonchev–Trinajstić information content (AvgIpc) is 3.54. The number of aryl methyl sites for hydroxylation is 1. The van der Waals surface area contributed by atoms with Gasteiger partial charge in [0.25, 0.3) is 0 Å². The Kier molecular flexibility index (Phi) is 8.51. The molecule has 0 radical (unpaired) electrons. The lowest BCUT2D eigenvalue weighted by molar-refractivity contribution is -0.119. The summed E-state index contributed by atoms with van der Waals surface area (Å²) in [5.41, 5.74) is 7.20. The standard InChI is InChI=1S/C30H34N6O.BrH/c37-29-15-14-24(33-29)18-31-17-21-10-12-22(13-11-21)19-36(20-28-34-25-7-1-2-8-26(25)35-28)27-9-3-5-23-6-4-16-32-30(23)27;/h1-2,4,6-8,10-13,16,24,27,31H,3,5,9,14-15,17-20H2,(H,33,37)(H,34,35);1H/t24?,27-;/m0./s1. The summed E-state index contributed by atoms with van der Waals surface area (Å²) in [6, 6.07) is 21.9. The number of H-pyrrole nitrogens is 1. The monoisotopic (exact) mass is 574 g/mol. The molecule has 198 valence electrons. The van der Waals surface area contributed by atoms with Crippen LogP contribution in [0.4, 0.5) is 0 Å². The van der Waals surface area contributed by atoms with Crippen molar-refractivity contribution >= 4 is 33.9 Å². The normalized spacial score (nSPS) is 18.8. The van der Waals surface area contributed by atoms with E-state index in [1.165, 1.54) is 28.8 Å². The molecule has 6 rings (SSSR count). The highest BCUT2D eigenvalue weighted by Gasteiger charge is 2.28. The molecule has 2 aromatic heterocycles. The number of pyridine rings is 1. The summed E-state index contributed by atoms with van der Waals surface area (Å²) in [5, 5.41) is 6.50. The molecule has 4 aromatic rings. The largest absolute Gasteiger partial charge is 0.352 e. The van der Waals surface area contributed by atoms with E-state index in [0.717, 1.165) is 62.3 Å². The molecule has 1 fully saturated rings. The number of amides is 1. The first kappa shape index (κ1) is 26.5. The Bertz CT molecular complexity index is 1340. The Morgan fingerprint density at radius 1 is 0.947 bits per heavy atom. The molecule has 0 saturated carbocycles. The van der Waals surface area contributed by atoms with Gasteiger partial charge in [0.1, 0.15) is 5.82 Å². The lowest BCUT2D eigenvalue weighted by Gasteiger charge is -2.34. The van der Waals surface area contributed by atoms with Gasteiger partial charge in [0.2, 0.25) is 5.91 Å². The average molecular weight is 576 g/mol. The summed E-state index contributed by atoms with van der Waals surface area (Å²) in [6.45, 7) is 3.19. The van der Waals surface area contributed by atoms with Crippen LogP contribution in [0.5, 0.6) is 0 Å². The lowest BCUT2D eigenvalue weighted by Crippen LogP contribution is -2.35. The first-order valence-corrected chi connectivity index (χ1v) is 13.4. The number of carbonyl (C=O) groups excluding carboxylic acids is 1. The van der Waals surface area contributed by atoms with Crippen molar-refractivity contribution in [3.63, 3.8) is 0 Å².